The molecule has 0 saturated carbocycles. The minimum absolute atomic E-state index is 0.182. The molecule has 33 heavy (non-hydrogen) atoms. The van der Waals surface area contributed by atoms with Crippen LogP contribution in [0.25, 0.3) is 0 Å². The van der Waals surface area contributed by atoms with Gasteiger partial charge in [0.05, 0.1) is 0 Å². The van der Waals surface area contributed by atoms with Gasteiger partial charge in [-0.3, -0.25) is 4.79 Å². The first kappa shape index (κ1) is 30.0. The molecular formula is C26H48O7. The van der Waals surface area contributed by atoms with Gasteiger partial charge in [-0.2, -0.15) is 0 Å². The number of aliphatic hydroxyl groups is 3. The van der Waals surface area contributed by atoms with Crippen molar-refractivity contribution in [1.82, 2.24) is 0 Å². The highest BCUT2D eigenvalue weighted by atomic mass is 16.7. The molecule has 1 fully saturated rings. The number of rotatable bonds is 19. The molecule has 0 aromatic heterocycles. The highest BCUT2D eigenvalue weighted by Crippen LogP contribution is 2.22. The van der Waals surface area contributed by atoms with Crippen molar-refractivity contribution in [3.05, 3.63) is 12.2 Å². The maximum absolute atomic E-state index is 12.0. The normalized spacial score (nSPS) is 25.5. The number of ether oxygens (including phenoxy) is 3. The van der Waals surface area contributed by atoms with E-state index in [9.17, 15) is 20.1 Å². The van der Waals surface area contributed by atoms with Gasteiger partial charge in [0, 0.05) is 13.0 Å². The van der Waals surface area contributed by atoms with Gasteiger partial charge in [-0.05, 0) is 39.0 Å². The lowest BCUT2D eigenvalue weighted by Crippen LogP contribution is -2.59. The first-order valence-corrected chi connectivity index (χ1v) is 13.1. The van der Waals surface area contributed by atoms with Gasteiger partial charge in [-0.25, -0.2) is 0 Å². The van der Waals surface area contributed by atoms with Crippen LogP contribution < -0.4 is 0 Å². The van der Waals surface area contributed by atoms with Crippen LogP contribution in [0.1, 0.15) is 104 Å². The highest BCUT2D eigenvalue weighted by molar-refractivity contribution is 5.69. The molecule has 7 nitrogen and oxygen atoms in total. The van der Waals surface area contributed by atoms with Crippen LogP contribution in [0.3, 0.4) is 0 Å². The molecule has 0 bridgehead atoms. The van der Waals surface area contributed by atoms with Crippen LogP contribution in [-0.2, 0) is 19.0 Å². The summed E-state index contributed by atoms with van der Waals surface area (Å²) in [6.45, 7) is 4.08. The van der Waals surface area contributed by atoms with Gasteiger partial charge in [0.1, 0.15) is 31.0 Å². The predicted octanol–water partition coefficient (Wildman–Crippen LogP) is 4.41. The molecule has 7 heteroatoms. The first-order chi connectivity index (χ1) is 16.0. The number of hydrogen-bond acceptors (Lipinski definition) is 7. The molecule has 1 saturated heterocycles. The average Bonchev–Trinajstić information content (AvgIpc) is 2.81. The number of carbonyl (C=O) groups is 1. The Kier molecular flexibility index (Phi) is 17.6. The van der Waals surface area contributed by atoms with E-state index in [1.807, 2.05) is 0 Å². The maximum Gasteiger partial charge on any atom is 0.305 e. The van der Waals surface area contributed by atoms with Crippen molar-refractivity contribution in [1.29, 1.82) is 0 Å². The van der Waals surface area contributed by atoms with E-state index in [0.717, 1.165) is 32.1 Å². The average molecular weight is 473 g/mol. The van der Waals surface area contributed by atoms with E-state index in [1.165, 1.54) is 51.4 Å². The molecule has 5 atom stereocenters. The SMILES string of the molecule is CCCCCCCC/C=C\CCCCCCCC(=O)OC[C@H]1O[C@@H](OCC)[C@H](O)[C@@H](O)[C@@H]1O. The van der Waals surface area contributed by atoms with Gasteiger partial charge in [-0.1, -0.05) is 70.4 Å². The van der Waals surface area contributed by atoms with E-state index in [2.05, 4.69) is 19.1 Å². The molecule has 0 radical (unpaired) electrons. The second kappa shape index (κ2) is 19.3. The number of unbranched alkanes of at least 4 members (excludes halogenated alkanes) is 11. The molecule has 3 N–H and O–H groups in total. The minimum Gasteiger partial charge on any atom is -0.463 e. The third-order valence-electron chi connectivity index (χ3n) is 6.05. The highest BCUT2D eigenvalue weighted by Gasteiger charge is 2.44. The number of hydrogen-bond donors (Lipinski definition) is 3. The summed E-state index contributed by atoms with van der Waals surface area (Å²) >= 11 is 0. The van der Waals surface area contributed by atoms with E-state index >= 15 is 0 Å². The predicted molar refractivity (Wildman–Crippen MR) is 129 cm³/mol. The monoisotopic (exact) mass is 472 g/mol. The summed E-state index contributed by atoms with van der Waals surface area (Å²) in [5.74, 6) is -0.350. The Balaban J connectivity index is 2.00. The summed E-state index contributed by atoms with van der Waals surface area (Å²) in [5.41, 5.74) is 0. The first-order valence-electron chi connectivity index (χ1n) is 13.1. The summed E-state index contributed by atoms with van der Waals surface area (Å²) in [7, 11) is 0. The fourth-order valence-electron chi connectivity index (χ4n) is 3.94. The van der Waals surface area contributed by atoms with Crippen LogP contribution in [0.2, 0.25) is 0 Å². The Bertz CT molecular complexity index is 511. The van der Waals surface area contributed by atoms with E-state index in [0.29, 0.717) is 6.42 Å². The fraction of sp³-hybridized carbons (Fsp3) is 0.885. The van der Waals surface area contributed by atoms with Crippen LogP contribution in [0, 0.1) is 0 Å². The smallest absolute Gasteiger partial charge is 0.305 e. The second-order valence-corrected chi connectivity index (χ2v) is 8.99. The number of aliphatic hydroxyl groups excluding tert-OH is 3. The largest absolute Gasteiger partial charge is 0.463 e. The van der Waals surface area contributed by atoms with E-state index < -0.39 is 30.7 Å². The van der Waals surface area contributed by atoms with Crippen molar-refractivity contribution in [2.75, 3.05) is 13.2 Å². The Morgan fingerprint density at radius 2 is 1.36 bits per heavy atom. The molecule has 1 heterocycles. The van der Waals surface area contributed by atoms with Gasteiger partial charge in [-0.15, -0.1) is 0 Å². The van der Waals surface area contributed by atoms with Crippen LogP contribution in [-0.4, -0.2) is 65.2 Å². The molecule has 0 amide bonds. The molecule has 1 rings (SSSR count). The second-order valence-electron chi connectivity index (χ2n) is 8.99. The summed E-state index contributed by atoms with van der Waals surface area (Å²) < 4.78 is 15.9. The Hall–Kier alpha value is -0.990. The lowest BCUT2D eigenvalue weighted by Gasteiger charge is -2.39. The zero-order chi connectivity index (χ0) is 24.3. The maximum atomic E-state index is 12.0. The van der Waals surface area contributed by atoms with E-state index in [4.69, 9.17) is 14.2 Å². The molecule has 1 aliphatic heterocycles. The van der Waals surface area contributed by atoms with E-state index in [1.54, 1.807) is 6.92 Å². The Morgan fingerprint density at radius 1 is 0.788 bits per heavy atom. The zero-order valence-corrected chi connectivity index (χ0v) is 20.8. The molecule has 0 aromatic rings. The van der Waals surface area contributed by atoms with Gasteiger partial charge >= 0.3 is 5.97 Å². The van der Waals surface area contributed by atoms with Gasteiger partial charge < -0.3 is 29.5 Å². The molecule has 0 aliphatic carbocycles. The molecule has 0 spiro atoms. The quantitative estimate of drug-likeness (QED) is 0.145. The van der Waals surface area contributed by atoms with Crippen molar-refractivity contribution in [2.45, 2.75) is 134 Å². The molecular weight excluding hydrogens is 424 g/mol. The lowest BCUT2D eigenvalue weighted by molar-refractivity contribution is -0.300. The third-order valence-corrected chi connectivity index (χ3v) is 6.05. The summed E-state index contributed by atoms with van der Waals surface area (Å²) in [6.07, 6.45) is 14.4. The van der Waals surface area contributed by atoms with Crippen molar-refractivity contribution in [3.63, 3.8) is 0 Å². The Morgan fingerprint density at radius 3 is 1.97 bits per heavy atom. The third kappa shape index (κ3) is 13.5. The van der Waals surface area contributed by atoms with Crippen molar-refractivity contribution >= 4 is 5.97 Å². The summed E-state index contributed by atoms with van der Waals surface area (Å²) in [4.78, 5) is 12.0. The van der Waals surface area contributed by atoms with Crippen molar-refractivity contribution < 1.29 is 34.3 Å². The topological polar surface area (TPSA) is 105 Å². The van der Waals surface area contributed by atoms with E-state index in [-0.39, 0.29) is 19.2 Å². The number of esters is 1. The lowest BCUT2D eigenvalue weighted by atomic mass is 9.99. The van der Waals surface area contributed by atoms with Gasteiger partial charge in [0.15, 0.2) is 6.29 Å². The van der Waals surface area contributed by atoms with Crippen LogP contribution in [0.4, 0.5) is 0 Å². The zero-order valence-electron chi connectivity index (χ0n) is 20.8. The summed E-state index contributed by atoms with van der Waals surface area (Å²) in [5, 5.41) is 29.8. The Labute approximate surface area is 200 Å². The number of allylic oxidation sites excluding steroid dienone is 2. The molecule has 194 valence electrons. The molecule has 0 aromatic carbocycles. The van der Waals surface area contributed by atoms with Gasteiger partial charge in [0.2, 0.25) is 0 Å². The van der Waals surface area contributed by atoms with Crippen LogP contribution >= 0.6 is 0 Å². The fourth-order valence-corrected chi connectivity index (χ4v) is 3.94. The number of carbonyl (C=O) groups excluding carboxylic acids is 1. The van der Waals surface area contributed by atoms with Crippen molar-refractivity contribution in [3.8, 4) is 0 Å². The minimum atomic E-state index is -1.41. The van der Waals surface area contributed by atoms with Crippen LogP contribution in [0.15, 0.2) is 12.2 Å². The van der Waals surface area contributed by atoms with Gasteiger partial charge in [0.25, 0.3) is 0 Å². The molecule has 0 unspecified atom stereocenters. The standard InChI is InChI=1S/C26H48O7/c1-3-5-6-7-8-9-10-11-12-13-14-15-16-17-18-19-22(27)32-20-21-23(28)24(29)25(30)26(33-21)31-4-2/h11-12,21,23-26,28-30H,3-10,13-20H2,1-2H3/b12-11-/t21-,23-,24+,25-,26-/m1/s1. The summed E-state index contributed by atoms with van der Waals surface area (Å²) in [6, 6.07) is 0. The van der Waals surface area contributed by atoms with Crippen LogP contribution in [0.5, 0.6) is 0 Å². The molecule has 1 aliphatic rings. The van der Waals surface area contributed by atoms with Crippen molar-refractivity contribution in [2.24, 2.45) is 0 Å².